The summed E-state index contributed by atoms with van der Waals surface area (Å²) in [5, 5.41) is 0. The van der Waals surface area contributed by atoms with Crippen molar-refractivity contribution in [3.8, 4) is 0 Å². The molecular weight excluding hydrogens is 236 g/mol. The number of aromatic nitrogens is 2. The van der Waals surface area contributed by atoms with Gasteiger partial charge in [-0.25, -0.2) is 4.79 Å². The lowest BCUT2D eigenvalue weighted by Gasteiger charge is -2.16. The van der Waals surface area contributed by atoms with Crippen molar-refractivity contribution >= 4 is 5.97 Å². The highest BCUT2D eigenvalue weighted by Gasteiger charge is 2.20. The van der Waals surface area contributed by atoms with Gasteiger partial charge in [-0.3, -0.25) is 14.2 Å². The van der Waals surface area contributed by atoms with Crippen LogP contribution >= 0.6 is 0 Å². The number of ether oxygens (including phenoxy) is 1. The van der Waals surface area contributed by atoms with E-state index in [2.05, 4.69) is 4.74 Å². The lowest BCUT2D eigenvalue weighted by molar-refractivity contribution is -0.140. The van der Waals surface area contributed by atoms with Gasteiger partial charge in [-0.05, 0) is 12.8 Å². The van der Waals surface area contributed by atoms with E-state index in [-0.39, 0.29) is 29.6 Å². The number of nitrogens with zero attached hydrogens (tertiary/aromatic N) is 2. The molecule has 0 aliphatic rings. The van der Waals surface area contributed by atoms with Gasteiger partial charge in [-0.1, -0.05) is 6.92 Å². The summed E-state index contributed by atoms with van der Waals surface area (Å²) in [6, 6.07) is 0. The predicted octanol–water partition coefficient (Wildman–Crippen LogP) is 0.0590. The first-order chi connectivity index (χ1) is 8.31. The van der Waals surface area contributed by atoms with Crippen molar-refractivity contribution in [3.05, 3.63) is 32.1 Å². The summed E-state index contributed by atoms with van der Waals surface area (Å²) in [6.45, 7) is 3.47. The van der Waals surface area contributed by atoms with Crippen LogP contribution in [0.15, 0.2) is 9.59 Å². The molecule has 0 radical (unpaired) electrons. The molecule has 1 rings (SSSR count). The van der Waals surface area contributed by atoms with Gasteiger partial charge in [0.15, 0.2) is 0 Å². The highest BCUT2D eigenvalue weighted by atomic mass is 16.5. The third-order valence-electron chi connectivity index (χ3n) is 3.20. The molecule has 0 aromatic carbocycles. The Balaban J connectivity index is 3.38. The van der Waals surface area contributed by atoms with Crippen LogP contribution in [0.1, 0.15) is 30.5 Å². The Bertz CT molecular complexity index is 583. The topological polar surface area (TPSA) is 70.3 Å². The van der Waals surface area contributed by atoms with Crippen LogP contribution in [0.3, 0.4) is 0 Å². The quantitative estimate of drug-likeness (QED) is 0.715. The van der Waals surface area contributed by atoms with Crippen LogP contribution in [0.5, 0.6) is 0 Å². The molecule has 1 aromatic heterocycles. The van der Waals surface area contributed by atoms with Gasteiger partial charge in [0.1, 0.15) is 0 Å². The zero-order valence-corrected chi connectivity index (χ0v) is 11.3. The number of carbonyl (C=O) groups excluding carboxylic acids is 1. The van der Waals surface area contributed by atoms with Crippen LogP contribution in [0.4, 0.5) is 0 Å². The average molecular weight is 254 g/mol. The summed E-state index contributed by atoms with van der Waals surface area (Å²) >= 11 is 0. The van der Waals surface area contributed by atoms with E-state index in [1.165, 1.54) is 18.7 Å². The van der Waals surface area contributed by atoms with E-state index in [0.717, 1.165) is 4.57 Å². The molecule has 18 heavy (non-hydrogen) atoms. The van der Waals surface area contributed by atoms with Gasteiger partial charge >= 0.3 is 11.7 Å². The first-order valence-corrected chi connectivity index (χ1v) is 5.64. The van der Waals surface area contributed by atoms with E-state index in [9.17, 15) is 14.4 Å². The van der Waals surface area contributed by atoms with Gasteiger partial charge in [0.2, 0.25) is 0 Å². The molecule has 100 valence electrons. The zero-order chi connectivity index (χ0) is 14.0. The maximum absolute atomic E-state index is 12.1. The van der Waals surface area contributed by atoms with Crippen LogP contribution in [-0.2, 0) is 23.6 Å². The van der Waals surface area contributed by atoms with Crippen molar-refractivity contribution in [2.75, 3.05) is 7.11 Å². The Labute approximate surface area is 105 Å². The minimum atomic E-state index is -0.377. The maximum Gasteiger partial charge on any atom is 0.330 e. The summed E-state index contributed by atoms with van der Waals surface area (Å²) in [4.78, 5) is 35.0. The minimum absolute atomic E-state index is 0.116. The smallest absolute Gasteiger partial charge is 0.330 e. The number of hydrogen-bond acceptors (Lipinski definition) is 4. The monoisotopic (exact) mass is 254 g/mol. The lowest BCUT2D eigenvalue weighted by Crippen LogP contribution is -2.41. The minimum Gasteiger partial charge on any atom is -0.469 e. The Hall–Kier alpha value is -1.85. The van der Waals surface area contributed by atoms with Gasteiger partial charge in [0.25, 0.3) is 5.56 Å². The predicted molar refractivity (Wildman–Crippen MR) is 66.7 cm³/mol. The van der Waals surface area contributed by atoms with Crippen molar-refractivity contribution in [2.45, 2.75) is 26.2 Å². The second-order valence-electron chi connectivity index (χ2n) is 4.39. The van der Waals surface area contributed by atoms with Crippen LogP contribution in [-0.4, -0.2) is 22.2 Å². The molecule has 0 unspecified atom stereocenters. The second kappa shape index (κ2) is 5.20. The Morgan fingerprint density at radius 3 is 2.33 bits per heavy atom. The Kier molecular flexibility index (Phi) is 4.11. The lowest BCUT2D eigenvalue weighted by atomic mass is 9.97. The fraction of sp³-hybridized carbons (Fsp3) is 0.583. The summed E-state index contributed by atoms with van der Waals surface area (Å²) < 4.78 is 7.05. The van der Waals surface area contributed by atoms with Crippen molar-refractivity contribution in [1.82, 2.24) is 9.13 Å². The molecule has 1 heterocycles. The zero-order valence-electron chi connectivity index (χ0n) is 11.3. The van der Waals surface area contributed by atoms with E-state index in [1.807, 2.05) is 0 Å². The summed E-state index contributed by atoms with van der Waals surface area (Å²) in [5.41, 5.74) is 0.336. The van der Waals surface area contributed by atoms with Crippen molar-refractivity contribution < 1.29 is 9.53 Å². The van der Waals surface area contributed by atoms with Crippen LogP contribution < -0.4 is 11.2 Å². The SMILES string of the molecule is COC(=O)C[C@H](C)c1c(C)n(C)c(=O)n(C)c1=O. The molecule has 1 atom stereocenters. The van der Waals surface area contributed by atoms with Crippen LogP contribution in [0, 0.1) is 6.92 Å². The molecule has 0 saturated heterocycles. The van der Waals surface area contributed by atoms with E-state index >= 15 is 0 Å². The van der Waals surface area contributed by atoms with Crippen molar-refractivity contribution in [2.24, 2.45) is 14.1 Å². The first kappa shape index (κ1) is 14.2. The summed E-state index contributed by atoms with van der Waals surface area (Å²) in [7, 11) is 4.34. The van der Waals surface area contributed by atoms with Crippen LogP contribution in [0.2, 0.25) is 0 Å². The molecule has 6 heteroatoms. The van der Waals surface area contributed by atoms with E-state index in [4.69, 9.17) is 0 Å². The molecule has 1 aromatic rings. The third kappa shape index (κ3) is 2.37. The molecule has 0 aliphatic carbocycles. The highest BCUT2D eigenvalue weighted by Crippen LogP contribution is 2.18. The normalized spacial score (nSPS) is 12.3. The Morgan fingerprint density at radius 1 is 1.28 bits per heavy atom. The number of carbonyl (C=O) groups is 1. The fourth-order valence-electron chi connectivity index (χ4n) is 1.97. The van der Waals surface area contributed by atoms with Gasteiger partial charge < -0.3 is 9.30 Å². The summed E-state index contributed by atoms with van der Waals surface area (Å²) in [6.07, 6.45) is 0.116. The fourth-order valence-corrected chi connectivity index (χ4v) is 1.97. The molecule has 0 fully saturated rings. The Morgan fingerprint density at radius 2 is 1.83 bits per heavy atom. The third-order valence-corrected chi connectivity index (χ3v) is 3.20. The van der Waals surface area contributed by atoms with Crippen molar-refractivity contribution in [3.63, 3.8) is 0 Å². The van der Waals surface area contributed by atoms with E-state index in [0.29, 0.717) is 11.3 Å². The number of rotatable bonds is 3. The molecule has 6 nitrogen and oxygen atoms in total. The van der Waals surface area contributed by atoms with E-state index in [1.54, 1.807) is 20.9 Å². The van der Waals surface area contributed by atoms with Gasteiger partial charge in [-0.2, -0.15) is 0 Å². The highest BCUT2D eigenvalue weighted by molar-refractivity contribution is 5.70. The molecule has 0 spiro atoms. The second-order valence-corrected chi connectivity index (χ2v) is 4.39. The summed E-state index contributed by atoms with van der Waals surface area (Å²) in [5.74, 6) is -0.666. The van der Waals surface area contributed by atoms with E-state index < -0.39 is 0 Å². The average Bonchev–Trinajstić information content (AvgIpc) is 2.34. The molecule has 0 amide bonds. The van der Waals surface area contributed by atoms with Gasteiger partial charge in [0, 0.05) is 25.4 Å². The van der Waals surface area contributed by atoms with Crippen LogP contribution in [0.25, 0.3) is 0 Å². The first-order valence-electron chi connectivity index (χ1n) is 5.64. The number of hydrogen-bond donors (Lipinski definition) is 0. The van der Waals surface area contributed by atoms with Gasteiger partial charge in [-0.15, -0.1) is 0 Å². The molecular formula is C12H18N2O4. The molecule has 0 bridgehead atoms. The van der Waals surface area contributed by atoms with Crippen molar-refractivity contribution in [1.29, 1.82) is 0 Å². The molecule has 0 N–H and O–H groups in total. The maximum atomic E-state index is 12.1. The molecule has 0 aliphatic heterocycles. The largest absolute Gasteiger partial charge is 0.469 e. The van der Waals surface area contributed by atoms with Gasteiger partial charge in [0.05, 0.1) is 13.5 Å². The number of methoxy groups -OCH3 is 1. The molecule has 0 saturated carbocycles. The standard InChI is InChI=1S/C12H18N2O4/c1-7(6-9(15)18-5)10-8(2)13(3)12(17)14(4)11(10)16/h7H,6H2,1-5H3/t7-/m0/s1. The number of esters is 1.